The summed E-state index contributed by atoms with van der Waals surface area (Å²) in [6, 6.07) is 10.7. The van der Waals surface area contributed by atoms with E-state index in [0.29, 0.717) is 23.5 Å². The number of rotatable bonds is 6. The first-order valence-corrected chi connectivity index (χ1v) is 9.86. The van der Waals surface area contributed by atoms with Crippen molar-refractivity contribution >= 4 is 16.0 Å². The van der Waals surface area contributed by atoms with Gasteiger partial charge in [-0.15, -0.1) is 0 Å². The third-order valence-corrected chi connectivity index (χ3v) is 6.59. The van der Waals surface area contributed by atoms with Crippen LogP contribution < -0.4 is 9.47 Å². The number of carboxylic acid groups (broad SMARTS) is 1. The van der Waals surface area contributed by atoms with Crippen LogP contribution in [0.5, 0.6) is 11.5 Å². The van der Waals surface area contributed by atoms with Crippen LogP contribution in [0.2, 0.25) is 0 Å². The van der Waals surface area contributed by atoms with Crippen LogP contribution >= 0.6 is 0 Å². The van der Waals surface area contributed by atoms with E-state index in [4.69, 9.17) is 9.47 Å². The molecule has 1 aliphatic heterocycles. The number of hydrogen-bond acceptors (Lipinski definition) is 5. The van der Waals surface area contributed by atoms with Crippen LogP contribution in [0.4, 0.5) is 0 Å². The number of methoxy groups -OCH3 is 2. The molecular formula is C19H21NO6S. The number of fused-ring (bicyclic) bond motifs is 1. The van der Waals surface area contributed by atoms with Crippen LogP contribution in [-0.4, -0.2) is 44.6 Å². The molecule has 0 aromatic heterocycles. The summed E-state index contributed by atoms with van der Waals surface area (Å²) in [6.07, 6.45) is 0.117. The third kappa shape index (κ3) is 3.63. The molecule has 1 heterocycles. The summed E-state index contributed by atoms with van der Waals surface area (Å²) in [6.45, 7) is 0.192. The normalized spacial score (nSPS) is 17.2. The highest BCUT2D eigenvalue weighted by molar-refractivity contribution is 7.89. The van der Waals surface area contributed by atoms with Crippen LogP contribution in [0, 0.1) is 0 Å². The fourth-order valence-corrected chi connectivity index (χ4v) is 5.02. The summed E-state index contributed by atoms with van der Waals surface area (Å²) in [5.41, 5.74) is 1.49. The fourth-order valence-electron chi connectivity index (χ4n) is 3.40. The highest BCUT2D eigenvalue weighted by atomic mass is 32.2. The van der Waals surface area contributed by atoms with Crippen molar-refractivity contribution in [2.24, 2.45) is 0 Å². The molecule has 1 N–H and O–H groups in total. The van der Waals surface area contributed by atoms with Crippen molar-refractivity contribution in [2.75, 3.05) is 20.8 Å². The molecule has 3 rings (SSSR count). The molecule has 27 heavy (non-hydrogen) atoms. The van der Waals surface area contributed by atoms with Gasteiger partial charge in [-0.05, 0) is 41.8 Å². The zero-order valence-electron chi connectivity index (χ0n) is 15.1. The van der Waals surface area contributed by atoms with Gasteiger partial charge in [0.15, 0.2) is 11.5 Å². The van der Waals surface area contributed by atoms with E-state index in [-0.39, 0.29) is 17.9 Å². The summed E-state index contributed by atoms with van der Waals surface area (Å²) in [5, 5.41) is 9.40. The minimum absolute atomic E-state index is 0.143. The van der Waals surface area contributed by atoms with Crippen molar-refractivity contribution in [3.8, 4) is 11.5 Å². The number of sulfonamides is 1. The van der Waals surface area contributed by atoms with Crippen molar-refractivity contribution in [2.45, 2.75) is 23.8 Å². The van der Waals surface area contributed by atoms with Crippen LogP contribution in [0.25, 0.3) is 0 Å². The number of benzene rings is 2. The van der Waals surface area contributed by atoms with Gasteiger partial charge in [0.25, 0.3) is 0 Å². The van der Waals surface area contributed by atoms with Crippen LogP contribution in [-0.2, 0) is 21.2 Å². The molecule has 0 spiro atoms. The maximum absolute atomic E-state index is 13.1. The van der Waals surface area contributed by atoms with E-state index < -0.39 is 22.0 Å². The van der Waals surface area contributed by atoms with Gasteiger partial charge in [0.2, 0.25) is 10.0 Å². The molecular weight excluding hydrogens is 370 g/mol. The van der Waals surface area contributed by atoms with Gasteiger partial charge in [-0.1, -0.05) is 18.2 Å². The summed E-state index contributed by atoms with van der Waals surface area (Å²) < 4.78 is 38.2. The first-order chi connectivity index (χ1) is 12.9. The van der Waals surface area contributed by atoms with Gasteiger partial charge in [-0.3, -0.25) is 4.79 Å². The van der Waals surface area contributed by atoms with Gasteiger partial charge in [0.1, 0.15) is 0 Å². The molecule has 2 aromatic rings. The van der Waals surface area contributed by atoms with E-state index in [2.05, 4.69) is 0 Å². The number of aliphatic carboxylic acids is 1. The van der Waals surface area contributed by atoms with Gasteiger partial charge in [0.05, 0.1) is 31.6 Å². The van der Waals surface area contributed by atoms with E-state index >= 15 is 0 Å². The molecule has 7 nitrogen and oxygen atoms in total. The van der Waals surface area contributed by atoms with Crippen molar-refractivity contribution < 1.29 is 27.8 Å². The Morgan fingerprint density at radius 2 is 1.78 bits per heavy atom. The van der Waals surface area contributed by atoms with Gasteiger partial charge in [-0.2, -0.15) is 4.31 Å². The van der Waals surface area contributed by atoms with E-state index in [0.717, 1.165) is 5.56 Å². The Morgan fingerprint density at radius 3 is 2.37 bits per heavy atom. The highest BCUT2D eigenvalue weighted by Gasteiger charge is 2.38. The Morgan fingerprint density at radius 1 is 1.15 bits per heavy atom. The third-order valence-electron chi connectivity index (χ3n) is 4.67. The molecule has 1 aliphatic rings. The standard InChI is InChI=1S/C19H21NO6S/c1-25-17-10-13-8-9-20(27(23,24)14-6-4-3-5-7-14)16(12-19(21)22)15(13)11-18(17)26-2/h3-7,10-11,16H,8-9,12H2,1-2H3,(H,21,22)/t16-/m0/s1. The van der Waals surface area contributed by atoms with Crippen LogP contribution in [0.1, 0.15) is 23.6 Å². The molecule has 0 aliphatic carbocycles. The van der Waals surface area contributed by atoms with Crippen molar-refractivity contribution in [1.82, 2.24) is 4.31 Å². The number of hydrogen-bond donors (Lipinski definition) is 1. The quantitative estimate of drug-likeness (QED) is 0.813. The minimum Gasteiger partial charge on any atom is -0.493 e. The zero-order chi connectivity index (χ0) is 19.6. The van der Waals surface area contributed by atoms with Crippen LogP contribution in [0.3, 0.4) is 0 Å². The smallest absolute Gasteiger partial charge is 0.305 e. The topological polar surface area (TPSA) is 93.1 Å². The van der Waals surface area contributed by atoms with Crippen molar-refractivity contribution in [3.63, 3.8) is 0 Å². The Hall–Kier alpha value is -2.58. The summed E-state index contributed by atoms with van der Waals surface area (Å²) in [5.74, 6) is -0.105. The summed E-state index contributed by atoms with van der Waals surface area (Å²) in [7, 11) is -0.831. The largest absolute Gasteiger partial charge is 0.493 e. The predicted octanol–water partition coefficient (Wildman–Crippen LogP) is 2.47. The Kier molecular flexibility index (Phi) is 5.38. The van der Waals surface area contributed by atoms with Gasteiger partial charge < -0.3 is 14.6 Å². The maximum Gasteiger partial charge on any atom is 0.305 e. The molecule has 2 aromatic carbocycles. The number of ether oxygens (including phenoxy) is 2. The lowest BCUT2D eigenvalue weighted by molar-refractivity contribution is -0.138. The van der Waals surface area contributed by atoms with Crippen LogP contribution in [0.15, 0.2) is 47.4 Å². The van der Waals surface area contributed by atoms with E-state index in [1.165, 1.54) is 30.7 Å². The lowest BCUT2D eigenvalue weighted by Crippen LogP contribution is -2.41. The molecule has 1 atom stereocenters. The lowest BCUT2D eigenvalue weighted by Gasteiger charge is -2.36. The molecule has 0 amide bonds. The summed E-state index contributed by atoms with van der Waals surface area (Å²) >= 11 is 0. The predicted molar refractivity (Wildman–Crippen MR) is 98.6 cm³/mol. The molecule has 0 unspecified atom stereocenters. The second-order valence-electron chi connectivity index (χ2n) is 6.20. The van der Waals surface area contributed by atoms with Crippen molar-refractivity contribution in [3.05, 3.63) is 53.6 Å². The van der Waals surface area contributed by atoms with Gasteiger partial charge in [0, 0.05) is 6.54 Å². The Balaban J connectivity index is 2.11. The molecule has 8 heteroatoms. The second-order valence-corrected chi connectivity index (χ2v) is 8.09. The first-order valence-electron chi connectivity index (χ1n) is 8.42. The monoisotopic (exact) mass is 391 g/mol. The van der Waals surface area contributed by atoms with E-state index in [1.54, 1.807) is 30.3 Å². The number of carboxylic acids is 1. The SMILES string of the molecule is COc1cc2c(cc1OC)[C@H](CC(=O)O)N(S(=O)(=O)c1ccccc1)CC2. The Bertz CT molecular complexity index is 942. The fraction of sp³-hybridized carbons (Fsp3) is 0.316. The van der Waals surface area contributed by atoms with Gasteiger partial charge >= 0.3 is 5.97 Å². The first kappa shape index (κ1) is 19.2. The lowest BCUT2D eigenvalue weighted by atomic mass is 9.92. The van der Waals surface area contributed by atoms with Crippen molar-refractivity contribution in [1.29, 1.82) is 0 Å². The average molecular weight is 391 g/mol. The minimum atomic E-state index is -3.84. The second kappa shape index (κ2) is 7.58. The molecule has 0 saturated heterocycles. The molecule has 0 saturated carbocycles. The molecule has 0 bridgehead atoms. The molecule has 0 fully saturated rings. The number of carbonyl (C=O) groups is 1. The summed E-state index contributed by atoms with van der Waals surface area (Å²) in [4.78, 5) is 11.6. The number of nitrogens with zero attached hydrogens (tertiary/aromatic N) is 1. The average Bonchev–Trinajstić information content (AvgIpc) is 2.67. The molecule has 144 valence electrons. The van der Waals surface area contributed by atoms with Gasteiger partial charge in [-0.25, -0.2) is 8.42 Å². The van der Waals surface area contributed by atoms with E-state index in [1.807, 2.05) is 0 Å². The zero-order valence-corrected chi connectivity index (χ0v) is 15.9. The Labute approximate surface area is 158 Å². The molecule has 0 radical (unpaired) electrons. The maximum atomic E-state index is 13.1. The van der Waals surface area contributed by atoms with E-state index in [9.17, 15) is 18.3 Å². The highest BCUT2D eigenvalue weighted by Crippen LogP contribution is 2.41.